The molecule has 5 aromatic heterocycles. The van der Waals surface area contributed by atoms with Crippen LogP contribution in [0.1, 0.15) is 0 Å². The van der Waals surface area contributed by atoms with E-state index in [-0.39, 0.29) is 0 Å². The van der Waals surface area contributed by atoms with Gasteiger partial charge in [-0.1, -0.05) is 231 Å². The summed E-state index contributed by atoms with van der Waals surface area (Å²) in [6, 6.07) is 112. The SMILES string of the molecule is c1ccc(-c2cc(-c3ccc4c(c3)c3ccccc3n4-c3cc(-c4cc(-c5ccccc5)nc(-c5ccccc5)n4)cc(-n4c5ccccc5c5cc(-c6cc(-c7ccccc7)nc(-c7ccccc7)c6)ccc54)c3)cc(-c3ccccc3)n2)cc1. The zero-order valence-electron chi connectivity index (χ0n) is 46.7. The quantitative estimate of drug-likeness (QED) is 0.129. The molecule has 0 radical (unpaired) electrons. The number of para-hydroxylation sites is 2. The second-order valence-corrected chi connectivity index (χ2v) is 21.8. The molecule has 86 heavy (non-hydrogen) atoms. The maximum absolute atomic E-state index is 5.46. The van der Waals surface area contributed by atoms with E-state index in [0.29, 0.717) is 5.82 Å². The van der Waals surface area contributed by atoms with E-state index in [9.17, 15) is 0 Å². The fourth-order valence-electron chi connectivity index (χ4n) is 12.4. The van der Waals surface area contributed by atoms with Gasteiger partial charge in [0.25, 0.3) is 0 Å². The molecule has 0 aliphatic rings. The molecule has 16 aromatic rings. The van der Waals surface area contributed by atoms with E-state index >= 15 is 0 Å². The molecular formula is C80H52N6. The largest absolute Gasteiger partial charge is 0.309 e. The second-order valence-electron chi connectivity index (χ2n) is 21.8. The topological polar surface area (TPSA) is 61.4 Å². The van der Waals surface area contributed by atoms with Crippen LogP contribution in [0.2, 0.25) is 0 Å². The Hall–Kier alpha value is -11.6. The molecule has 0 atom stereocenters. The highest BCUT2D eigenvalue weighted by Gasteiger charge is 2.21. The summed E-state index contributed by atoms with van der Waals surface area (Å²) in [5, 5.41) is 4.61. The summed E-state index contributed by atoms with van der Waals surface area (Å²) >= 11 is 0. The summed E-state index contributed by atoms with van der Waals surface area (Å²) in [6.45, 7) is 0. The highest BCUT2D eigenvalue weighted by molar-refractivity contribution is 6.12. The van der Waals surface area contributed by atoms with Crippen LogP contribution in [0.25, 0.3) is 156 Å². The lowest BCUT2D eigenvalue weighted by molar-refractivity contribution is 1.13. The van der Waals surface area contributed by atoms with Crippen molar-refractivity contribution in [1.29, 1.82) is 0 Å². The number of benzene rings is 11. The third-order valence-corrected chi connectivity index (χ3v) is 16.5. The van der Waals surface area contributed by atoms with Gasteiger partial charge in [0.2, 0.25) is 0 Å². The van der Waals surface area contributed by atoms with Crippen LogP contribution in [-0.4, -0.2) is 29.1 Å². The molecule has 0 saturated carbocycles. The van der Waals surface area contributed by atoms with E-state index in [1.54, 1.807) is 0 Å². The van der Waals surface area contributed by atoms with Gasteiger partial charge in [-0.05, 0) is 107 Å². The standard InChI is InChI=1S/C80H52N6/c1-7-23-53(24-8-1)70-47-61(48-71(81-70)54-25-9-2-10-26-54)59-39-41-78-68(45-59)66-35-19-21-37-76(66)85(78)64-43-63(75-52-74(57-31-15-5-16-32-57)83-80(84-75)58-33-17-6-18-34-58)44-65(51-64)86-77-38-22-20-36-67(77)69-46-60(40-42-79(69)86)62-49-72(55-27-11-3-12-28-55)82-73(50-62)56-29-13-4-14-30-56/h1-52H. The van der Waals surface area contributed by atoms with Gasteiger partial charge in [0, 0.05) is 71.9 Å². The maximum atomic E-state index is 5.46. The summed E-state index contributed by atoms with van der Waals surface area (Å²) in [7, 11) is 0. The summed E-state index contributed by atoms with van der Waals surface area (Å²) in [6.07, 6.45) is 0. The van der Waals surface area contributed by atoms with Crippen molar-refractivity contribution in [3.8, 4) is 113 Å². The van der Waals surface area contributed by atoms with Crippen LogP contribution in [0.15, 0.2) is 315 Å². The smallest absolute Gasteiger partial charge is 0.160 e. The van der Waals surface area contributed by atoms with Crippen molar-refractivity contribution in [2.75, 3.05) is 0 Å². The van der Waals surface area contributed by atoms with Crippen LogP contribution in [0.3, 0.4) is 0 Å². The summed E-state index contributed by atoms with van der Waals surface area (Å²) < 4.78 is 4.86. The average molecular weight is 1100 g/mol. The Morgan fingerprint density at radius 1 is 0.174 bits per heavy atom. The van der Waals surface area contributed by atoms with Gasteiger partial charge in [-0.15, -0.1) is 0 Å². The summed E-state index contributed by atoms with van der Waals surface area (Å²) in [5.41, 5.74) is 23.4. The second kappa shape index (κ2) is 21.3. The molecule has 0 N–H and O–H groups in total. The Balaban J connectivity index is 0.921. The lowest BCUT2D eigenvalue weighted by atomic mass is 9.98. The number of pyridine rings is 2. The van der Waals surface area contributed by atoms with E-state index in [1.807, 2.05) is 24.3 Å². The minimum Gasteiger partial charge on any atom is -0.309 e. The normalized spacial score (nSPS) is 11.5. The molecule has 0 amide bonds. The minimum absolute atomic E-state index is 0.659. The Morgan fingerprint density at radius 2 is 0.477 bits per heavy atom. The molecular weight excluding hydrogens is 1040 g/mol. The summed E-state index contributed by atoms with van der Waals surface area (Å²) in [4.78, 5) is 21.2. The molecule has 5 heterocycles. The van der Waals surface area contributed by atoms with Crippen molar-refractivity contribution in [3.05, 3.63) is 315 Å². The van der Waals surface area contributed by atoms with Crippen LogP contribution in [0, 0.1) is 0 Å². The number of aromatic nitrogens is 6. The van der Waals surface area contributed by atoms with Gasteiger partial charge in [0.05, 0.1) is 56.2 Å². The fourth-order valence-corrected chi connectivity index (χ4v) is 12.4. The van der Waals surface area contributed by atoms with Crippen molar-refractivity contribution in [1.82, 2.24) is 29.1 Å². The number of fused-ring (bicyclic) bond motifs is 6. The van der Waals surface area contributed by atoms with E-state index in [1.165, 1.54) is 0 Å². The highest BCUT2D eigenvalue weighted by Crippen LogP contribution is 2.42. The van der Waals surface area contributed by atoms with E-state index < -0.39 is 0 Å². The first-order valence-electron chi connectivity index (χ1n) is 29.1. The predicted molar refractivity (Wildman–Crippen MR) is 355 cm³/mol. The fraction of sp³-hybridized carbons (Fsp3) is 0. The highest BCUT2D eigenvalue weighted by atomic mass is 15.0. The van der Waals surface area contributed by atoms with Crippen LogP contribution in [0.5, 0.6) is 0 Å². The number of hydrogen-bond donors (Lipinski definition) is 0. The molecule has 11 aromatic carbocycles. The molecule has 0 saturated heterocycles. The Labute approximate surface area is 498 Å². The van der Waals surface area contributed by atoms with Crippen LogP contribution in [-0.2, 0) is 0 Å². The molecule has 0 bridgehead atoms. The van der Waals surface area contributed by atoms with Crippen molar-refractivity contribution < 1.29 is 0 Å². The molecule has 0 aliphatic carbocycles. The monoisotopic (exact) mass is 1100 g/mol. The van der Waals surface area contributed by atoms with Crippen molar-refractivity contribution >= 4 is 43.6 Å². The van der Waals surface area contributed by atoms with Crippen molar-refractivity contribution in [2.45, 2.75) is 0 Å². The van der Waals surface area contributed by atoms with Gasteiger partial charge in [0.1, 0.15) is 0 Å². The maximum Gasteiger partial charge on any atom is 0.160 e. The van der Waals surface area contributed by atoms with Crippen molar-refractivity contribution in [3.63, 3.8) is 0 Å². The predicted octanol–water partition coefficient (Wildman–Crippen LogP) is 20.5. The van der Waals surface area contributed by atoms with Gasteiger partial charge in [0.15, 0.2) is 5.82 Å². The van der Waals surface area contributed by atoms with E-state index in [0.717, 1.165) is 150 Å². The van der Waals surface area contributed by atoms with Crippen LogP contribution >= 0.6 is 0 Å². The molecule has 0 aliphatic heterocycles. The van der Waals surface area contributed by atoms with Crippen molar-refractivity contribution in [2.24, 2.45) is 0 Å². The Kier molecular flexibility index (Phi) is 12.4. The third kappa shape index (κ3) is 9.19. The van der Waals surface area contributed by atoms with E-state index in [2.05, 4.69) is 300 Å². The van der Waals surface area contributed by atoms with Crippen LogP contribution < -0.4 is 0 Å². The zero-order chi connectivity index (χ0) is 56.9. The van der Waals surface area contributed by atoms with E-state index in [4.69, 9.17) is 19.9 Å². The molecule has 16 rings (SSSR count). The third-order valence-electron chi connectivity index (χ3n) is 16.5. The first-order chi connectivity index (χ1) is 42.6. The number of hydrogen-bond acceptors (Lipinski definition) is 4. The van der Waals surface area contributed by atoms with Crippen LogP contribution in [0.4, 0.5) is 0 Å². The molecule has 6 nitrogen and oxygen atoms in total. The summed E-state index contributed by atoms with van der Waals surface area (Å²) in [5.74, 6) is 0.659. The first kappa shape index (κ1) is 50.2. The average Bonchev–Trinajstić information content (AvgIpc) is 1.83. The zero-order valence-corrected chi connectivity index (χ0v) is 46.7. The number of rotatable bonds is 11. The Morgan fingerprint density at radius 3 is 0.849 bits per heavy atom. The lowest BCUT2D eigenvalue weighted by Gasteiger charge is -2.17. The van der Waals surface area contributed by atoms with Gasteiger partial charge >= 0.3 is 0 Å². The molecule has 6 heteroatoms. The van der Waals surface area contributed by atoms with Gasteiger partial charge in [-0.25, -0.2) is 19.9 Å². The lowest BCUT2D eigenvalue weighted by Crippen LogP contribution is -2.01. The first-order valence-corrected chi connectivity index (χ1v) is 29.1. The van der Waals surface area contributed by atoms with Gasteiger partial charge in [-0.2, -0.15) is 0 Å². The molecule has 0 fully saturated rings. The minimum atomic E-state index is 0.659. The molecule has 0 unspecified atom stereocenters. The van der Waals surface area contributed by atoms with Gasteiger partial charge in [-0.3, -0.25) is 0 Å². The number of nitrogens with zero attached hydrogens (tertiary/aromatic N) is 6. The Bertz CT molecular complexity index is 4760. The van der Waals surface area contributed by atoms with Gasteiger partial charge < -0.3 is 9.13 Å². The molecule has 402 valence electrons. The molecule has 0 spiro atoms.